The molecule has 2 N–H and O–H groups in total. The zero-order valence-electron chi connectivity index (χ0n) is 8.85. The van der Waals surface area contributed by atoms with Gasteiger partial charge in [-0.3, -0.25) is 0 Å². The minimum Gasteiger partial charge on any atom is -0.326 e. The molecule has 0 aliphatic heterocycles. The van der Waals surface area contributed by atoms with Crippen molar-refractivity contribution >= 4 is 5.69 Å². The van der Waals surface area contributed by atoms with E-state index in [1.54, 1.807) is 0 Å². The molecule has 0 unspecified atom stereocenters. The van der Waals surface area contributed by atoms with E-state index in [1.165, 1.54) is 0 Å². The van der Waals surface area contributed by atoms with E-state index < -0.39 is 0 Å². The van der Waals surface area contributed by atoms with Crippen LogP contribution in [-0.2, 0) is 6.54 Å². The molecule has 78 valence electrons. The Morgan fingerprint density at radius 2 is 1.56 bits per heavy atom. The molecule has 0 aliphatic carbocycles. The molecular formula is C14H12N2. The van der Waals surface area contributed by atoms with Crippen molar-refractivity contribution in [2.75, 3.05) is 0 Å². The van der Waals surface area contributed by atoms with Crippen LogP contribution >= 0.6 is 0 Å². The predicted octanol–water partition coefficient (Wildman–Crippen LogP) is 3.36. The Kier molecular flexibility index (Phi) is 3.00. The Labute approximate surface area is 95.2 Å². The van der Waals surface area contributed by atoms with E-state index in [9.17, 15) is 0 Å². The predicted molar refractivity (Wildman–Crippen MR) is 66.0 cm³/mol. The van der Waals surface area contributed by atoms with Crippen molar-refractivity contribution in [2.24, 2.45) is 5.73 Å². The van der Waals surface area contributed by atoms with Gasteiger partial charge in [0.2, 0.25) is 0 Å². The first-order valence-corrected chi connectivity index (χ1v) is 5.11. The van der Waals surface area contributed by atoms with Crippen molar-refractivity contribution in [1.29, 1.82) is 0 Å². The topological polar surface area (TPSA) is 30.4 Å². The summed E-state index contributed by atoms with van der Waals surface area (Å²) in [6.45, 7) is 7.64. The van der Waals surface area contributed by atoms with Crippen molar-refractivity contribution in [3.05, 3.63) is 65.5 Å². The third-order valence-electron chi connectivity index (χ3n) is 2.55. The lowest BCUT2D eigenvalue weighted by molar-refractivity contribution is 1.07. The van der Waals surface area contributed by atoms with Gasteiger partial charge in [-0.25, -0.2) is 4.85 Å². The lowest BCUT2D eigenvalue weighted by Gasteiger charge is -2.09. The number of rotatable bonds is 2. The highest BCUT2D eigenvalue weighted by Crippen LogP contribution is 2.32. The van der Waals surface area contributed by atoms with Crippen LogP contribution < -0.4 is 5.73 Å². The van der Waals surface area contributed by atoms with Gasteiger partial charge in [-0.15, -0.1) is 0 Å². The lowest BCUT2D eigenvalue weighted by Crippen LogP contribution is -1.98. The van der Waals surface area contributed by atoms with Gasteiger partial charge < -0.3 is 5.73 Å². The summed E-state index contributed by atoms with van der Waals surface area (Å²) < 4.78 is 0. The van der Waals surface area contributed by atoms with Gasteiger partial charge in [-0.1, -0.05) is 48.5 Å². The SMILES string of the molecule is [C-]#[N+]c1ccccc1-c1ccccc1CN. The molecule has 0 aliphatic rings. The molecule has 2 nitrogen and oxygen atoms in total. The first-order chi connectivity index (χ1) is 7.86. The normalized spacial score (nSPS) is 9.75. The smallest absolute Gasteiger partial charge is 0.194 e. The van der Waals surface area contributed by atoms with Gasteiger partial charge in [0, 0.05) is 6.54 Å². The molecule has 0 saturated heterocycles. The summed E-state index contributed by atoms with van der Waals surface area (Å²) in [7, 11) is 0. The molecule has 0 amide bonds. The fraction of sp³-hybridized carbons (Fsp3) is 0.0714. The van der Waals surface area contributed by atoms with Crippen LogP contribution in [0, 0.1) is 6.57 Å². The molecule has 2 aromatic carbocycles. The average Bonchev–Trinajstić information content (AvgIpc) is 2.38. The Hall–Kier alpha value is -2.11. The summed E-state index contributed by atoms with van der Waals surface area (Å²) in [5.41, 5.74) is 9.45. The summed E-state index contributed by atoms with van der Waals surface area (Å²) in [6.07, 6.45) is 0. The van der Waals surface area contributed by atoms with Crippen LogP contribution in [0.25, 0.3) is 16.0 Å². The summed E-state index contributed by atoms with van der Waals surface area (Å²) in [6, 6.07) is 15.5. The van der Waals surface area contributed by atoms with Gasteiger partial charge >= 0.3 is 0 Å². The first-order valence-electron chi connectivity index (χ1n) is 5.11. The van der Waals surface area contributed by atoms with Crippen LogP contribution in [0.5, 0.6) is 0 Å². The average molecular weight is 208 g/mol. The second kappa shape index (κ2) is 4.61. The standard InChI is InChI=1S/C14H12N2/c1-16-14-9-5-4-8-13(14)12-7-3-2-6-11(12)10-15/h2-9H,10,15H2. The van der Waals surface area contributed by atoms with Crippen LogP contribution in [0.1, 0.15) is 5.56 Å². The minimum absolute atomic E-state index is 0.489. The van der Waals surface area contributed by atoms with Crippen LogP contribution in [0.2, 0.25) is 0 Å². The number of benzene rings is 2. The van der Waals surface area contributed by atoms with E-state index in [4.69, 9.17) is 12.3 Å². The summed E-state index contributed by atoms with van der Waals surface area (Å²) in [5, 5.41) is 0. The van der Waals surface area contributed by atoms with E-state index in [0.717, 1.165) is 16.7 Å². The molecule has 0 atom stereocenters. The highest BCUT2D eigenvalue weighted by atomic mass is 14.6. The third-order valence-corrected chi connectivity index (χ3v) is 2.55. The van der Waals surface area contributed by atoms with Crippen molar-refractivity contribution in [2.45, 2.75) is 6.54 Å². The summed E-state index contributed by atoms with van der Waals surface area (Å²) >= 11 is 0. The lowest BCUT2D eigenvalue weighted by atomic mass is 9.98. The molecule has 0 aromatic heterocycles. The molecule has 0 spiro atoms. The molecular weight excluding hydrogens is 196 g/mol. The van der Waals surface area contributed by atoms with Crippen LogP contribution in [0.3, 0.4) is 0 Å². The molecule has 0 heterocycles. The maximum absolute atomic E-state index is 7.16. The van der Waals surface area contributed by atoms with Gasteiger partial charge in [-0.2, -0.15) is 0 Å². The van der Waals surface area contributed by atoms with Gasteiger partial charge in [0.1, 0.15) is 0 Å². The van der Waals surface area contributed by atoms with Gasteiger partial charge in [0.05, 0.1) is 6.57 Å². The summed E-state index contributed by atoms with van der Waals surface area (Å²) in [4.78, 5) is 3.53. The number of nitrogens with zero attached hydrogens (tertiary/aromatic N) is 1. The monoisotopic (exact) mass is 208 g/mol. The second-order valence-corrected chi connectivity index (χ2v) is 3.49. The quantitative estimate of drug-likeness (QED) is 0.753. The van der Waals surface area contributed by atoms with Crippen LogP contribution in [0.4, 0.5) is 5.69 Å². The second-order valence-electron chi connectivity index (χ2n) is 3.49. The first kappa shape index (κ1) is 10.4. The van der Waals surface area contributed by atoms with Gasteiger partial charge in [0.15, 0.2) is 5.69 Å². The largest absolute Gasteiger partial charge is 0.326 e. The molecule has 2 heteroatoms. The molecule has 0 fully saturated rings. The van der Waals surface area contributed by atoms with Gasteiger partial charge in [0.25, 0.3) is 0 Å². The minimum atomic E-state index is 0.489. The van der Waals surface area contributed by atoms with E-state index in [0.29, 0.717) is 12.2 Å². The highest BCUT2D eigenvalue weighted by molar-refractivity contribution is 5.80. The fourth-order valence-corrected chi connectivity index (χ4v) is 1.76. The molecule has 16 heavy (non-hydrogen) atoms. The summed E-state index contributed by atoms with van der Waals surface area (Å²) in [5.74, 6) is 0. The van der Waals surface area contributed by atoms with Crippen molar-refractivity contribution in [3.8, 4) is 11.1 Å². The number of hydrogen-bond donors (Lipinski definition) is 1. The van der Waals surface area contributed by atoms with Crippen LogP contribution in [0.15, 0.2) is 48.5 Å². The molecule has 2 rings (SSSR count). The van der Waals surface area contributed by atoms with Gasteiger partial charge in [-0.05, 0) is 16.7 Å². The number of nitrogens with two attached hydrogens (primary N) is 1. The zero-order chi connectivity index (χ0) is 11.4. The maximum Gasteiger partial charge on any atom is 0.194 e. The highest BCUT2D eigenvalue weighted by Gasteiger charge is 2.07. The third kappa shape index (κ3) is 1.81. The Bertz CT molecular complexity index is 538. The van der Waals surface area contributed by atoms with E-state index in [1.807, 2.05) is 48.5 Å². The van der Waals surface area contributed by atoms with E-state index in [2.05, 4.69) is 4.85 Å². The maximum atomic E-state index is 7.16. The number of hydrogen-bond acceptors (Lipinski definition) is 1. The Morgan fingerprint density at radius 1 is 0.938 bits per heavy atom. The molecule has 0 saturated carbocycles. The zero-order valence-corrected chi connectivity index (χ0v) is 8.85. The Morgan fingerprint density at radius 3 is 2.25 bits per heavy atom. The number of para-hydroxylation sites is 1. The van der Waals surface area contributed by atoms with Crippen molar-refractivity contribution in [3.63, 3.8) is 0 Å². The van der Waals surface area contributed by atoms with E-state index >= 15 is 0 Å². The molecule has 2 aromatic rings. The molecule has 0 bridgehead atoms. The Balaban J connectivity index is 2.64. The van der Waals surface area contributed by atoms with Crippen molar-refractivity contribution < 1.29 is 0 Å². The van der Waals surface area contributed by atoms with Crippen LogP contribution in [-0.4, -0.2) is 0 Å². The van der Waals surface area contributed by atoms with E-state index in [-0.39, 0.29) is 0 Å². The molecule has 0 radical (unpaired) electrons. The van der Waals surface area contributed by atoms with Crippen molar-refractivity contribution in [1.82, 2.24) is 0 Å². The fourth-order valence-electron chi connectivity index (χ4n) is 1.76.